The molecular weight excluding hydrogens is 326 g/mol. The second kappa shape index (κ2) is 7.07. The second-order valence-corrected chi connectivity index (χ2v) is 6.68. The van der Waals surface area contributed by atoms with Crippen molar-refractivity contribution < 1.29 is 4.79 Å². The van der Waals surface area contributed by atoms with Crippen LogP contribution in [0.2, 0.25) is 0 Å². The summed E-state index contributed by atoms with van der Waals surface area (Å²) in [4.78, 5) is 28.0. The van der Waals surface area contributed by atoms with Crippen molar-refractivity contribution in [1.82, 2.24) is 24.4 Å². The monoisotopic (exact) mass is 347 g/mol. The highest BCUT2D eigenvalue weighted by atomic mass is 16.2. The van der Waals surface area contributed by atoms with E-state index < -0.39 is 0 Å². The Morgan fingerprint density at radius 3 is 2.73 bits per heavy atom. The molecule has 1 aliphatic rings. The standard InChI is InChI=1S/C20H21N5O/c1-24-14-22-12-19(24)18-11-21-10-17(23-18)16-8-5-9-25(13-16)20(26)15-6-3-2-4-7-15/h2-4,6-7,10-12,14,16H,5,8-9,13H2,1H3. The molecule has 6 heteroatoms. The largest absolute Gasteiger partial charge is 0.338 e. The molecule has 0 spiro atoms. The molecule has 1 atom stereocenters. The number of aryl methyl sites for hydroxylation is 1. The summed E-state index contributed by atoms with van der Waals surface area (Å²) in [6.45, 7) is 1.47. The zero-order valence-corrected chi connectivity index (χ0v) is 14.7. The van der Waals surface area contributed by atoms with Crippen molar-refractivity contribution in [1.29, 1.82) is 0 Å². The van der Waals surface area contributed by atoms with Crippen LogP contribution in [0.25, 0.3) is 11.4 Å². The molecule has 0 N–H and O–H groups in total. The fourth-order valence-electron chi connectivity index (χ4n) is 3.47. The SMILES string of the molecule is Cn1cncc1-c1cncc(C2CCCN(C(=O)c3ccccc3)C2)n1. The van der Waals surface area contributed by atoms with Crippen LogP contribution < -0.4 is 0 Å². The lowest BCUT2D eigenvalue weighted by molar-refractivity contribution is 0.0706. The Kier molecular flexibility index (Phi) is 4.48. The van der Waals surface area contributed by atoms with Gasteiger partial charge in [-0.1, -0.05) is 18.2 Å². The van der Waals surface area contributed by atoms with E-state index in [1.54, 1.807) is 18.7 Å². The van der Waals surface area contributed by atoms with E-state index in [1.807, 2.05) is 53.0 Å². The highest BCUT2D eigenvalue weighted by molar-refractivity contribution is 5.94. The molecule has 3 heterocycles. The Hall–Kier alpha value is -3.02. The molecule has 1 unspecified atom stereocenters. The molecule has 3 aromatic rings. The molecule has 1 aliphatic heterocycles. The van der Waals surface area contributed by atoms with Crippen LogP contribution in [-0.2, 0) is 7.05 Å². The number of aromatic nitrogens is 4. The van der Waals surface area contributed by atoms with Gasteiger partial charge >= 0.3 is 0 Å². The van der Waals surface area contributed by atoms with Crippen LogP contribution in [0.4, 0.5) is 0 Å². The number of piperidine rings is 1. The molecule has 1 amide bonds. The topological polar surface area (TPSA) is 63.9 Å². The predicted molar refractivity (Wildman–Crippen MR) is 98.6 cm³/mol. The van der Waals surface area contributed by atoms with Gasteiger partial charge in [-0.15, -0.1) is 0 Å². The van der Waals surface area contributed by atoms with Gasteiger partial charge in [0.1, 0.15) is 5.69 Å². The van der Waals surface area contributed by atoms with Crippen LogP contribution in [-0.4, -0.2) is 43.4 Å². The smallest absolute Gasteiger partial charge is 0.253 e. The first kappa shape index (κ1) is 16.4. The maximum Gasteiger partial charge on any atom is 0.253 e. The highest BCUT2D eigenvalue weighted by Gasteiger charge is 2.26. The first-order valence-corrected chi connectivity index (χ1v) is 8.85. The number of imidazole rings is 1. The van der Waals surface area contributed by atoms with Crippen molar-refractivity contribution in [3.63, 3.8) is 0 Å². The number of benzene rings is 1. The van der Waals surface area contributed by atoms with Gasteiger partial charge in [0.15, 0.2) is 0 Å². The van der Waals surface area contributed by atoms with Crippen molar-refractivity contribution in [2.45, 2.75) is 18.8 Å². The molecule has 1 saturated heterocycles. The number of amides is 1. The Balaban J connectivity index is 1.55. The van der Waals surface area contributed by atoms with Crippen molar-refractivity contribution in [3.05, 3.63) is 66.5 Å². The third-order valence-electron chi connectivity index (χ3n) is 4.88. The lowest BCUT2D eigenvalue weighted by Crippen LogP contribution is -2.39. The van der Waals surface area contributed by atoms with Gasteiger partial charge in [-0.25, -0.2) is 9.97 Å². The van der Waals surface area contributed by atoms with E-state index in [-0.39, 0.29) is 11.8 Å². The number of rotatable bonds is 3. The number of likely N-dealkylation sites (tertiary alicyclic amines) is 1. The molecule has 0 radical (unpaired) electrons. The fourth-order valence-corrected chi connectivity index (χ4v) is 3.47. The third kappa shape index (κ3) is 3.22. The van der Waals surface area contributed by atoms with E-state index in [2.05, 4.69) is 9.97 Å². The van der Waals surface area contributed by atoms with Gasteiger partial charge in [-0.2, -0.15) is 0 Å². The van der Waals surface area contributed by atoms with Crippen molar-refractivity contribution >= 4 is 5.91 Å². The molecule has 0 saturated carbocycles. The van der Waals surface area contributed by atoms with Crippen LogP contribution in [0.15, 0.2) is 55.2 Å². The minimum Gasteiger partial charge on any atom is -0.338 e. The molecule has 0 aliphatic carbocycles. The molecule has 4 rings (SSSR count). The molecule has 0 bridgehead atoms. The summed E-state index contributed by atoms with van der Waals surface area (Å²) in [6, 6.07) is 9.47. The highest BCUT2D eigenvalue weighted by Crippen LogP contribution is 2.27. The zero-order valence-electron chi connectivity index (χ0n) is 14.7. The number of hydrogen-bond acceptors (Lipinski definition) is 4. The van der Waals surface area contributed by atoms with Crippen LogP contribution in [0.5, 0.6) is 0 Å². The van der Waals surface area contributed by atoms with Gasteiger partial charge < -0.3 is 9.47 Å². The number of carbonyl (C=O) groups excluding carboxylic acids is 1. The Morgan fingerprint density at radius 2 is 1.96 bits per heavy atom. The minimum atomic E-state index is 0.0889. The van der Waals surface area contributed by atoms with E-state index in [9.17, 15) is 4.79 Å². The van der Waals surface area contributed by atoms with E-state index in [0.717, 1.165) is 42.0 Å². The Bertz CT molecular complexity index is 905. The third-order valence-corrected chi connectivity index (χ3v) is 4.88. The quantitative estimate of drug-likeness (QED) is 0.731. The van der Waals surface area contributed by atoms with Crippen LogP contribution in [0, 0.1) is 0 Å². The summed E-state index contributed by atoms with van der Waals surface area (Å²) in [7, 11) is 1.94. The maximum atomic E-state index is 12.8. The van der Waals surface area contributed by atoms with Crippen LogP contribution in [0.1, 0.15) is 34.8 Å². The Morgan fingerprint density at radius 1 is 1.12 bits per heavy atom. The number of carbonyl (C=O) groups is 1. The molecular formula is C20H21N5O. The van der Waals surface area contributed by atoms with Gasteiger partial charge in [-0.05, 0) is 25.0 Å². The normalized spacial score (nSPS) is 17.3. The summed E-state index contributed by atoms with van der Waals surface area (Å²) in [5.74, 6) is 0.295. The van der Waals surface area contributed by atoms with E-state index in [0.29, 0.717) is 6.54 Å². The maximum absolute atomic E-state index is 12.8. The summed E-state index contributed by atoms with van der Waals surface area (Å²) in [6.07, 6.45) is 9.12. The average molecular weight is 347 g/mol. The van der Waals surface area contributed by atoms with E-state index in [1.165, 1.54) is 0 Å². The lowest BCUT2D eigenvalue weighted by atomic mass is 9.94. The Labute approximate surface area is 152 Å². The van der Waals surface area contributed by atoms with Crippen molar-refractivity contribution in [2.75, 3.05) is 13.1 Å². The zero-order chi connectivity index (χ0) is 17.9. The van der Waals surface area contributed by atoms with Crippen molar-refractivity contribution in [2.24, 2.45) is 7.05 Å². The van der Waals surface area contributed by atoms with Gasteiger partial charge in [0.25, 0.3) is 5.91 Å². The summed E-state index contributed by atoms with van der Waals surface area (Å²) >= 11 is 0. The van der Waals surface area contributed by atoms with Crippen LogP contribution in [0.3, 0.4) is 0 Å². The van der Waals surface area contributed by atoms with Crippen LogP contribution >= 0.6 is 0 Å². The molecule has 26 heavy (non-hydrogen) atoms. The van der Waals surface area contributed by atoms with Gasteiger partial charge in [-0.3, -0.25) is 9.78 Å². The molecule has 132 valence electrons. The second-order valence-electron chi connectivity index (χ2n) is 6.68. The van der Waals surface area contributed by atoms with E-state index in [4.69, 9.17) is 4.98 Å². The molecule has 6 nitrogen and oxygen atoms in total. The number of hydrogen-bond donors (Lipinski definition) is 0. The minimum absolute atomic E-state index is 0.0889. The summed E-state index contributed by atoms with van der Waals surface area (Å²) in [5.41, 5.74) is 3.43. The van der Waals surface area contributed by atoms with Gasteiger partial charge in [0, 0.05) is 37.8 Å². The summed E-state index contributed by atoms with van der Waals surface area (Å²) in [5, 5.41) is 0. The first-order valence-electron chi connectivity index (χ1n) is 8.85. The molecule has 1 fully saturated rings. The lowest BCUT2D eigenvalue weighted by Gasteiger charge is -2.32. The average Bonchev–Trinajstić information content (AvgIpc) is 3.14. The molecule has 2 aromatic heterocycles. The van der Waals surface area contributed by atoms with Gasteiger partial charge in [0.05, 0.1) is 30.1 Å². The number of nitrogens with zero attached hydrogens (tertiary/aromatic N) is 5. The van der Waals surface area contributed by atoms with Crippen molar-refractivity contribution in [3.8, 4) is 11.4 Å². The van der Waals surface area contributed by atoms with E-state index >= 15 is 0 Å². The summed E-state index contributed by atoms with van der Waals surface area (Å²) < 4.78 is 1.93. The van der Waals surface area contributed by atoms with Gasteiger partial charge in [0.2, 0.25) is 0 Å². The predicted octanol–water partition coefficient (Wildman–Crippen LogP) is 2.90. The molecule has 1 aromatic carbocycles. The first-order chi connectivity index (χ1) is 12.7. The fraction of sp³-hybridized carbons (Fsp3) is 0.300.